The monoisotopic (exact) mass is 439 g/mol. The largest absolute Gasteiger partial charge is 0.462 e. The third kappa shape index (κ3) is 4.95. The molecule has 1 aromatic heterocycles. The lowest BCUT2D eigenvalue weighted by Crippen LogP contribution is -2.16. The summed E-state index contributed by atoms with van der Waals surface area (Å²) in [5, 5.41) is 0. The zero-order valence-corrected chi connectivity index (χ0v) is 19.5. The number of nitrogens with zero attached hydrogens (tertiary/aromatic N) is 1. The fourth-order valence-electron chi connectivity index (χ4n) is 3.56. The summed E-state index contributed by atoms with van der Waals surface area (Å²) in [6.07, 6.45) is 3.85. The number of aromatic nitrogens is 1. The Hall–Kier alpha value is -3.29. The molecule has 3 nitrogen and oxygen atoms in total. The van der Waals surface area contributed by atoms with Crippen LogP contribution in [0, 0.1) is 18.8 Å². The first-order valence-electron chi connectivity index (χ1n) is 10.6. The van der Waals surface area contributed by atoms with Gasteiger partial charge in [-0.2, -0.15) is 0 Å². The van der Waals surface area contributed by atoms with Crippen molar-refractivity contribution in [2.75, 3.05) is 6.61 Å². The molecular weight excluding hydrogens is 414 g/mol. The van der Waals surface area contributed by atoms with Crippen molar-refractivity contribution >= 4 is 23.3 Å². The first-order valence-corrected chi connectivity index (χ1v) is 11.4. The first kappa shape index (κ1) is 21.9. The van der Waals surface area contributed by atoms with Crippen LogP contribution in [-0.4, -0.2) is 22.3 Å². The molecule has 4 heteroatoms. The molecule has 0 aliphatic carbocycles. The van der Waals surface area contributed by atoms with Crippen LogP contribution in [0.5, 0.6) is 0 Å². The van der Waals surface area contributed by atoms with Crippen LogP contribution >= 0.6 is 11.8 Å². The van der Waals surface area contributed by atoms with E-state index in [2.05, 4.69) is 86.1 Å². The molecule has 0 atom stereocenters. The summed E-state index contributed by atoms with van der Waals surface area (Å²) < 4.78 is 5.01. The van der Waals surface area contributed by atoms with Crippen molar-refractivity contribution in [3.63, 3.8) is 0 Å². The maximum Gasteiger partial charge on any atom is 0.339 e. The van der Waals surface area contributed by atoms with Crippen molar-refractivity contribution in [1.29, 1.82) is 0 Å². The number of pyridine rings is 1. The Bertz CT molecular complexity index is 1240. The number of carbonyl (C=O) groups is 1. The van der Waals surface area contributed by atoms with Gasteiger partial charge in [0, 0.05) is 21.4 Å². The number of ether oxygens (including phenoxy) is 1. The van der Waals surface area contributed by atoms with E-state index in [4.69, 9.17) is 4.74 Å². The average molecular weight is 440 g/mol. The smallest absolute Gasteiger partial charge is 0.339 e. The van der Waals surface area contributed by atoms with Crippen LogP contribution in [0.15, 0.2) is 71.8 Å². The number of carbonyl (C=O) groups excluding carboxylic acids is 1. The number of esters is 1. The van der Waals surface area contributed by atoms with Gasteiger partial charge in [0.05, 0.1) is 12.2 Å². The Labute approximate surface area is 193 Å². The van der Waals surface area contributed by atoms with Crippen molar-refractivity contribution in [2.45, 2.75) is 37.3 Å². The van der Waals surface area contributed by atoms with Crippen molar-refractivity contribution in [3.8, 4) is 11.8 Å². The Morgan fingerprint density at radius 1 is 1.06 bits per heavy atom. The minimum atomic E-state index is -0.370. The molecule has 4 rings (SSSR count). The summed E-state index contributed by atoms with van der Waals surface area (Å²) in [4.78, 5) is 17.3. The van der Waals surface area contributed by atoms with Gasteiger partial charge in [-0.05, 0) is 80.6 Å². The van der Waals surface area contributed by atoms with Crippen molar-refractivity contribution in [3.05, 3.63) is 100 Å². The Morgan fingerprint density at radius 3 is 2.53 bits per heavy atom. The molecule has 1 aliphatic heterocycles. The lowest BCUT2D eigenvalue weighted by molar-refractivity contribution is 0.0526. The van der Waals surface area contributed by atoms with Gasteiger partial charge >= 0.3 is 5.97 Å². The highest BCUT2D eigenvalue weighted by Gasteiger charge is 2.26. The molecule has 2 heterocycles. The highest BCUT2D eigenvalue weighted by Crippen LogP contribution is 2.46. The molecule has 0 bridgehead atoms. The molecule has 2 aromatic carbocycles. The molecule has 3 aromatic rings. The van der Waals surface area contributed by atoms with E-state index in [-0.39, 0.29) is 10.7 Å². The predicted octanol–water partition coefficient (Wildman–Crippen LogP) is 6.28. The van der Waals surface area contributed by atoms with Crippen molar-refractivity contribution in [1.82, 2.24) is 4.98 Å². The Morgan fingerprint density at radius 2 is 1.84 bits per heavy atom. The third-order valence-electron chi connectivity index (χ3n) is 5.11. The van der Waals surface area contributed by atoms with E-state index in [1.165, 1.54) is 33.4 Å². The summed E-state index contributed by atoms with van der Waals surface area (Å²) >= 11 is 1.87. The van der Waals surface area contributed by atoms with Gasteiger partial charge in [0.25, 0.3) is 0 Å². The molecule has 32 heavy (non-hydrogen) atoms. The number of rotatable bonds is 3. The fraction of sp³-hybridized carbons (Fsp3) is 0.214. The van der Waals surface area contributed by atoms with Crippen LogP contribution in [0.2, 0.25) is 0 Å². The van der Waals surface area contributed by atoms with Crippen LogP contribution in [0.3, 0.4) is 0 Å². The number of aryl methyl sites for hydroxylation is 1. The number of hydrogen-bond acceptors (Lipinski definition) is 4. The summed E-state index contributed by atoms with van der Waals surface area (Å²) in [6.45, 7) is 8.71. The van der Waals surface area contributed by atoms with Crippen molar-refractivity contribution in [2.24, 2.45) is 0 Å². The average Bonchev–Trinajstić information content (AvgIpc) is 2.78. The molecule has 160 valence electrons. The second-order valence-corrected chi connectivity index (χ2v) is 9.94. The molecule has 0 radical (unpaired) electrons. The molecule has 0 N–H and O–H groups in total. The van der Waals surface area contributed by atoms with E-state index in [9.17, 15) is 4.79 Å². The number of hydrogen-bond donors (Lipinski definition) is 0. The third-order valence-corrected chi connectivity index (χ3v) is 6.33. The zero-order chi connectivity index (χ0) is 22.7. The van der Waals surface area contributed by atoms with E-state index in [0.29, 0.717) is 17.9 Å². The Balaban J connectivity index is 1.65. The summed E-state index contributed by atoms with van der Waals surface area (Å²) in [6, 6.07) is 18.5. The SMILES string of the molecule is CCOC(=O)c1ccc(C#Cc2ccc3c(c2)C(c2ccc(C)cc2)=CC(C)(C)S3)nc1. The van der Waals surface area contributed by atoms with Crippen LogP contribution in [-0.2, 0) is 4.74 Å². The standard InChI is InChI=1S/C28H25NO2S/c1-5-31-27(30)22-12-14-23(29-18-22)13-8-20-9-15-26-24(16-20)25(17-28(3,4)32-26)21-10-6-19(2)7-11-21/h6-7,9-12,14-18H,5H2,1-4H3. The van der Waals surface area contributed by atoms with Gasteiger partial charge < -0.3 is 4.74 Å². The van der Waals surface area contributed by atoms with Gasteiger partial charge in [0.1, 0.15) is 5.69 Å². The fourth-order valence-corrected chi connectivity index (χ4v) is 4.72. The molecule has 0 fully saturated rings. The lowest BCUT2D eigenvalue weighted by atomic mass is 9.92. The first-order chi connectivity index (χ1) is 15.3. The second-order valence-electron chi connectivity index (χ2n) is 8.24. The maximum absolute atomic E-state index is 11.8. The summed E-state index contributed by atoms with van der Waals surface area (Å²) in [5.41, 5.74) is 6.88. The number of thioether (sulfide) groups is 1. The van der Waals surface area contributed by atoms with E-state index in [0.717, 1.165) is 5.56 Å². The molecule has 0 spiro atoms. The van der Waals surface area contributed by atoms with Crippen LogP contribution < -0.4 is 0 Å². The molecule has 1 aliphatic rings. The second kappa shape index (κ2) is 9.06. The highest BCUT2D eigenvalue weighted by atomic mass is 32.2. The topological polar surface area (TPSA) is 39.2 Å². The van der Waals surface area contributed by atoms with E-state index in [1.54, 1.807) is 19.1 Å². The Kier molecular flexibility index (Phi) is 6.21. The van der Waals surface area contributed by atoms with Gasteiger partial charge in [-0.3, -0.25) is 0 Å². The van der Waals surface area contributed by atoms with E-state index in [1.807, 2.05) is 11.8 Å². The lowest BCUT2D eigenvalue weighted by Gasteiger charge is -2.29. The van der Waals surface area contributed by atoms with E-state index >= 15 is 0 Å². The van der Waals surface area contributed by atoms with Gasteiger partial charge in [0.2, 0.25) is 0 Å². The van der Waals surface area contributed by atoms with Crippen LogP contribution in [0.4, 0.5) is 0 Å². The van der Waals surface area contributed by atoms with Crippen molar-refractivity contribution < 1.29 is 9.53 Å². The summed E-state index contributed by atoms with van der Waals surface area (Å²) in [5.74, 6) is 5.96. The minimum Gasteiger partial charge on any atom is -0.462 e. The van der Waals surface area contributed by atoms with Gasteiger partial charge in [0.15, 0.2) is 0 Å². The zero-order valence-electron chi connectivity index (χ0n) is 18.7. The van der Waals surface area contributed by atoms with Gasteiger partial charge in [-0.1, -0.05) is 41.8 Å². The van der Waals surface area contributed by atoms with Crippen LogP contribution in [0.1, 0.15) is 59.1 Å². The molecule has 0 unspecified atom stereocenters. The molecule has 0 amide bonds. The maximum atomic E-state index is 11.8. The highest BCUT2D eigenvalue weighted by molar-refractivity contribution is 8.01. The van der Waals surface area contributed by atoms with E-state index < -0.39 is 0 Å². The minimum absolute atomic E-state index is 0.0189. The van der Waals surface area contributed by atoms with Crippen LogP contribution in [0.25, 0.3) is 5.57 Å². The molecule has 0 saturated heterocycles. The molecule has 0 saturated carbocycles. The predicted molar refractivity (Wildman–Crippen MR) is 131 cm³/mol. The number of fused-ring (bicyclic) bond motifs is 1. The quantitative estimate of drug-likeness (QED) is 0.355. The van der Waals surface area contributed by atoms with Gasteiger partial charge in [-0.25, -0.2) is 9.78 Å². The molecular formula is C28H25NO2S. The normalized spacial score (nSPS) is 13.9. The number of benzene rings is 2. The summed E-state index contributed by atoms with van der Waals surface area (Å²) in [7, 11) is 0. The van der Waals surface area contributed by atoms with Gasteiger partial charge in [-0.15, -0.1) is 11.8 Å².